The van der Waals surface area contributed by atoms with Gasteiger partial charge in [-0.05, 0) is 34.1 Å². The number of aromatic nitrogens is 1. The van der Waals surface area contributed by atoms with Crippen molar-refractivity contribution in [3.63, 3.8) is 0 Å². The second-order valence-electron chi connectivity index (χ2n) is 4.01. The quantitative estimate of drug-likeness (QED) is 0.791. The molecule has 3 nitrogen and oxygen atoms in total. The van der Waals surface area contributed by atoms with E-state index in [9.17, 15) is 17.6 Å². The number of benzene rings is 1. The SMILES string of the molecule is CNc1cc(C(F)(F)F)cc(Oc2ccc(Br)c(F)c2)n1. The van der Waals surface area contributed by atoms with Crippen LogP contribution in [0.15, 0.2) is 34.8 Å². The molecule has 0 spiro atoms. The Hall–Kier alpha value is -1.83. The number of nitrogens with one attached hydrogen (secondary N) is 1. The third-order valence-corrected chi connectivity index (χ3v) is 3.14. The second kappa shape index (κ2) is 5.88. The summed E-state index contributed by atoms with van der Waals surface area (Å²) >= 11 is 2.97. The first-order chi connectivity index (χ1) is 9.79. The maximum absolute atomic E-state index is 13.4. The minimum absolute atomic E-state index is 0.00240. The van der Waals surface area contributed by atoms with E-state index in [4.69, 9.17) is 4.74 Å². The van der Waals surface area contributed by atoms with Crippen molar-refractivity contribution in [2.24, 2.45) is 0 Å². The highest BCUT2D eigenvalue weighted by molar-refractivity contribution is 9.10. The fourth-order valence-corrected chi connectivity index (χ4v) is 1.76. The Labute approximate surface area is 126 Å². The van der Waals surface area contributed by atoms with Crippen LogP contribution in [0.4, 0.5) is 23.4 Å². The Morgan fingerprint density at radius 1 is 1.19 bits per heavy atom. The van der Waals surface area contributed by atoms with Gasteiger partial charge in [0, 0.05) is 19.2 Å². The van der Waals surface area contributed by atoms with Gasteiger partial charge in [0.25, 0.3) is 0 Å². The molecule has 1 aromatic carbocycles. The Morgan fingerprint density at radius 2 is 1.90 bits per heavy atom. The molecule has 0 aliphatic rings. The topological polar surface area (TPSA) is 34.1 Å². The van der Waals surface area contributed by atoms with Crippen LogP contribution in [0.25, 0.3) is 0 Å². The Morgan fingerprint density at radius 3 is 2.48 bits per heavy atom. The third kappa shape index (κ3) is 3.84. The number of ether oxygens (including phenoxy) is 1. The largest absolute Gasteiger partial charge is 0.439 e. The summed E-state index contributed by atoms with van der Waals surface area (Å²) in [5, 5.41) is 2.51. The fraction of sp³-hybridized carbons (Fsp3) is 0.154. The van der Waals surface area contributed by atoms with Crippen LogP contribution in [0.1, 0.15) is 5.56 Å². The van der Waals surface area contributed by atoms with Gasteiger partial charge in [0.15, 0.2) is 0 Å². The molecule has 0 bridgehead atoms. The van der Waals surface area contributed by atoms with Crippen molar-refractivity contribution in [3.8, 4) is 11.6 Å². The molecule has 0 aliphatic heterocycles. The Kier molecular flexibility index (Phi) is 4.36. The van der Waals surface area contributed by atoms with Crippen LogP contribution in [0.3, 0.4) is 0 Å². The van der Waals surface area contributed by atoms with Gasteiger partial charge in [-0.15, -0.1) is 0 Å². The summed E-state index contributed by atoms with van der Waals surface area (Å²) in [5.41, 5.74) is -0.908. The van der Waals surface area contributed by atoms with E-state index in [2.05, 4.69) is 26.2 Å². The van der Waals surface area contributed by atoms with Crippen LogP contribution in [0, 0.1) is 5.82 Å². The monoisotopic (exact) mass is 364 g/mol. The van der Waals surface area contributed by atoms with E-state index in [1.165, 1.54) is 19.2 Å². The molecule has 0 saturated heterocycles. The summed E-state index contributed by atoms with van der Waals surface area (Å²) in [5.74, 6) is -0.828. The van der Waals surface area contributed by atoms with Crippen molar-refractivity contribution < 1.29 is 22.3 Å². The van der Waals surface area contributed by atoms with Crippen molar-refractivity contribution in [1.82, 2.24) is 4.98 Å². The standard InChI is InChI=1S/C13H9BrF4N2O/c1-19-11-4-7(13(16,17)18)5-12(20-11)21-8-2-3-9(14)10(15)6-8/h2-6H,1H3,(H,19,20). The van der Waals surface area contributed by atoms with Gasteiger partial charge in [-0.1, -0.05) is 0 Å². The van der Waals surface area contributed by atoms with E-state index in [-0.39, 0.29) is 21.9 Å². The molecular formula is C13H9BrF4N2O. The van der Waals surface area contributed by atoms with E-state index in [1.54, 1.807) is 0 Å². The highest BCUT2D eigenvalue weighted by Gasteiger charge is 2.32. The molecule has 0 fully saturated rings. The van der Waals surface area contributed by atoms with Gasteiger partial charge in [-0.25, -0.2) is 4.39 Å². The average Bonchev–Trinajstić information content (AvgIpc) is 2.41. The van der Waals surface area contributed by atoms with Crippen LogP contribution in [-0.4, -0.2) is 12.0 Å². The van der Waals surface area contributed by atoms with Gasteiger partial charge in [-0.3, -0.25) is 0 Å². The van der Waals surface area contributed by atoms with E-state index in [1.807, 2.05) is 0 Å². The first-order valence-corrected chi connectivity index (χ1v) is 6.49. The number of alkyl halides is 3. The lowest BCUT2D eigenvalue weighted by Gasteiger charge is -2.12. The lowest BCUT2D eigenvalue weighted by atomic mass is 10.2. The summed E-state index contributed by atoms with van der Waals surface area (Å²) in [6.07, 6.45) is -4.53. The van der Waals surface area contributed by atoms with Crippen LogP contribution >= 0.6 is 15.9 Å². The molecule has 1 heterocycles. The summed E-state index contributed by atoms with van der Waals surface area (Å²) in [4.78, 5) is 3.85. The lowest BCUT2D eigenvalue weighted by Crippen LogP contribution is -2.07. The zero-order chi connectivity index (χ0) is 15.6. The first kappa shape index (κ1) is 15.6. The lowest BCUT2D eigenvalue weighted by molar-refractivity contribution is -0.137. The molecule has 0 radical (unpaired) electrons. The molecule has 21 heavy (non-hydrogen) atoms. The molecule has 0 atom stereocenters. The van der Waals surface area contributed by atoms with Gasteiger partial charge in [0.05, 0.1) is 10.0 Å². The second-order valence-corrected chi connectivity index (χ2v) is 4.86. The molecule has 0 amide bonds. The molecule has 8 heteroatoms. The normalized spacial score (nSPS) is 11.3. The molecular weight excluding hydrogens is 356 g/mol. The number of hydrogen-bond donors (Lipinski definition) is 1. The van der Waals surface area contributed by atoms with Crippen LogP contribution in [-0.2, 0) is 6.18 Å². The molecule has 0 saturated carbocycles. The van der Waals surface area contributed by atoms with Crippen molar-refractivity contribution >= 4 is 21.7 Å². The number of nitrogens with zero attached hydrogens (tertiary/aromatic N) is 1. The van der Waals surface area contributed by atoms with Gasteiger partial charge in [0.2, 0.25) is 5.88 Å². The number of rotatable bonds is 3. The molecule has 1 N–H and O–H groups in total. The third-order valence-electron chi connectivity index (χ3n) is 2.50. The average molecular weight is 365 g/mol. The highest BCUT2D eigenvalue weighted by atomic mass is 79.9. The van der Waals surface area contributed by atoms with Crippen LogP contribution in [0.2, 0.25) is 0 Å². The van der Waals surface area contributed by atoms with E-state index >= 15 is 0 Å². The number of halogens is 5. The molecule has 2 aromatic rings. The predicted molar refractivity (Wildman–Crippen MR) is 73.0 cm³/mol. The molecule has 2 rings (SSSR count). The van der Waals surface area contributed by atoms with Gasteiger partial charge in [0.1, 0.15) is 17.4 Å². The van der Waals surface area contributed by atoms with Crippen LogP contribution < -0.4 is 10.1 Å². The van der Waals surface area contributed by atoms with Crippen LogP contribution in [0.5, 0.6) is 11.6 Å². The summed E-state index contributed by atoms with van der Waals surface area (Å²) in [7, 11) is 1.44. The zero-order valence-corrected chi connectivity index (χ0v) is 12.2. The maximum atomic E-state index is 13.4. The number of pyridine rings is 1. The summed E-state index contributed by atoms with van der Waals surface area (Å²) in [6, 6.07) is 5.45. The fourth-order valence-electron chi connectivity index (χ4n) is 1.51. The van der Waals surface area contributed by atoms with Crippen molar-refractivity contribution in [2.45, 2.75) is 6.18 Å². The zero-order valence-electron chi connectivity index (χ0n) is 10.6. The first-order valence-electron chi connectivity index (χ1n) is 5.69. The molecule has 0 aliphatic carbocycles. The van der Waals surface area contributed by atoms with E-state index < -0.39 is 17.6 Å². The molecule has 1 aromatic heterocycles. The smallest absolute Gasteiger partial charge is 0.416 e. The van der Waals surface area contributed by atoms with Gasteiger partial charge < -0.3 is 10.1 Å². The molecule has 0 unspecified atom stereocenters. The summed E-state index contributed by atoms with van der Waals surface area (Å²) in [6.45, 7) is 0. The molecule has 112 valence electrons. The van der Waals surface area contributed by atoms with E-state index in [0.29, 0.717) is 0 Å². The van der Waals surface area contributed by atoms with Crippen molar-refractivity contribution in [1.29, 1.82) is 0 Å². The Bertz CT molecular complexity index is 661. The number of anilines is 1. The van der Waals surface area contributed by atoms with Crippen molar-refractivity contribution in [2.75, 3.05) is 12.4 Å². The van der Waals surface area contributed by atoms with Gasteiger partial charge in [-0.2, -0.15) is 18.2 Å². The minimum Gasteiger partial charge on any atom is -0.439 e. The maximum Gasteiger partial charge on any atom is 0.416 e. The summed E-state index contributed by atoms with van der Waals surface area (Å²) < 4.78 is 57.0. The van der Waals surface area contributed by atoms with E-state index in [0.717, 1.165) is 18.2 Å². The minimum atomic E-state index is -4.53. The highest BCUT2D eigenvalue weighted by Crippen LogP contribution is 2.34. The predicted octanol–water partition coefficient (Wildman–Crippen LogP) is 4.84. The Balaban J connectivity index is 2.36. The van der Waals surface area contributed by atoms with Crippen molar-refractivity contribution in [3.05, 3.63) is 46.2 Å². The van der Waals surface area contributed by atoms with Gasteiger partial charge >= 0.3 is 6.18 Å². The number of hydrogen-bond acceptors (Lipinski definition) is 3.